The first-order valence-electron chi connectivity index (χ1n) is 6.09. The molecule has 0 unspecified atom stereocenters. The highest BCUT2D eigenvalue weighted by Gasteiger charge is 2.13. The van der Waals surface area contributed by atoms with Gasteiger partial charge in [-0.05, 0) is 47.2 Å². The minimum atomic E-state index is 0.477. The number of halogens is 1. The number of hydrogen-bond donors (Lipinski definition) is 0. The summed E-state index contributed by atoms with van der Waals surface area (Å²) >= 11 is 3.63. The van der Waals surface area contributed by atoms with Gasteiger partial charge in [0.2, 0.25) is 0 Å². The van der Waals surface area contributed by atoms with Crippen molar-refractivity contribution in [3.05, 3.63) is 22.4 Å². The maximum Gasteiger partial charge on any atom is 0.0572 e. The quantitative estimate of drug-likeness (QED) is 0.816. The molecule has 1 aromatic rings. The molecule has 0 amide bonds. The predicted octanol–water partition coefficient (Wildman–Crippen LogP) is 3.96. The van der Waals surface area contributed by atoms with Gasteiger partial charge in [-0.2, -0.15) is 0 Å². The molecule has 2 rings (SSSR count). The number of pyridine rings is 1. The van der Waals surface area contributed by atoms with Crippen molar-refractivity contribution >= 4 is 21.6 Å². The zero-order valence-corrected chi connectivity index (χ0v) is 11.6. The lowest BCUT2D eigenvalue weighted by Crippen LogP contribution is -2.29. The highest BCUT2D eigenvalue weighted by atomic mass is 79.9. The van der Waals surface area contributed by atoms with Gasteiger partial charge in [-0.15, -0.1) is 0 Å². The van der Waals surface area contributed by atoms with Crippen LogP contribution in [0.3, 0.4) is 0 Å². The van der Waals surface area contributed by atoms with Crippen LogP contribution in [0.2, 0.25) is 0 Å². The van der Waals surface area contributed by atoms with Crippen LogP contribution in [0.4, 0.5) is 5.69 Å². The third-order valence-corrected chi connectivity index (χ3v) is 3.76. The monoisotopic (exact) mass is 282 g/mol. The van der Waals surface area contributed by atoms with Crippen molar-refractivity contribution in [1.82, 2.24) is 4.98 Å². The van der Waals surface area contributed by atoms with Crippen molar-refractivity contribution in [3.63, 3.8) is 0 Å². The van der Waals surface area contributed by atoms with Crippen LogP contribution in [-0.4, -0.2) is 18.1 Å². The summed E-state index contributed by atoms with van der Waals surface area (Å²) in [5.41, 5.74) is 2.41. The van der Waals surface area contributed by atoms with Crippen molar-refractivity contribution in [3.8, 4) is 0 Å². The van der Waals surface area contributed by atoms with E-state index in [1.165, 1.54) is 38.0 Å². The normalized spacial score (nSPS) is 16.9. The Kier molecular flexibility index (Phi) is 3.85. The molecular weight excluding hydrogens is 264 g/mol. The van der Waals surface area contributed by atoms with E-state index in [1.807, 2.05) is 6.20 Å². The Morgan fingerprint density at radius 2 is 1.94 bits per heavy atom. The van der Waals surface area contributed by atoms with Gasteiger partial charge < -0.3 is 4.90 Å². The summed E-state index contributed by atoms with van der Waals surface area (Å²) in [6.07, 6.45) is 6.01. The zero-order chi connectivity index (χ0) is 11.5. The fourth-order valence-electron chi connectivity index (χ4n) is 2.19. The Morgan fingerprint density at radius 3 is 2.50 bits per heavy atom. The lowest BCUT2D eigenvalue weighted by Gasteiger charge is -2.29. The molecule has 0 spiro atoms. The Morgan fingerprint density at radius 1 is 1.25 bits per heavy atom. The van der Waals surface area contributed by atoms with E-state index in [-0.39, 0.29) is 0 Å². The van der Waals surface area contributed by atoms with Crippen LogP contribution in [0.15, 0.2) is 16.7 Å². The van der Waals surface area contributed by atoms with E-state index >= 15 is 0 Å². The van der Waals surface area contributed by atoms with Gasteiger partial charge in [0.05, 0.1) is 17.6 Å². The number of nitrogens with zero attached hydrogens (tertiary/aromatic N) is 2. The lowest BCUT2D eigenvalue weighted by atomic mass is 10.1. The highest BCUT2D eigenvalue weighted by molar-refractivity contribution is 9.10. The average molecular weight is 283 g/mol. The summed E-state index contributed by atoms with van der Waals surface area (Å²) < 4.78 is 1.14. The minimum absolute atomic E-state index is 0.477. The van der Waals surface area contributed by atoms with Gasteiger partial charge in [-0.25, -0.2) is 0 Å². The van der Waals surface area contributed by atoms with Gasteiger partial charge in [0.1, 0.15) is 0 Å². The molecule has 2 heterocycles. The van der Waals surface area contributed by atoms with E-state index in [0.29, 0.717) is 5.92 Å². The molecule has 1 aliphatic rings. The summed E-state index contributed by atoms with van der Waals surface area (Å²) in [6, 6.07) is 2.22. The molecule has 0 atom stereocenters. The number of aromatic nitrogens is 1. The Bertz CT molecular complexity index is 357. The van der Waals surface area contributed by atoms with E-state index in [2.05, 4.69) is 45.7 Å². The first kappa shape index (κ1) is 11.9. The molecule has 1 fully saturated rings. The molecule has 2 nitrogen and oxygen atoms in total. The third kappa shape index (κ3) is 2.57. The smallest absolute Gasteiger partial charge is 0.0572 e. The van der Waals surface area contributed by atoms with Crippen LogP contribution in [-0.2, 0) is 0 Å². The molecule has 0 radical (unpaired) electrons. The lowest BCUT2D eigenvalue weighted by molar-refractivity contribution is 0.577. The van der Waals surface area contributed by atoms with Crippen molar-refractivity contribution in [2.45, 2.75) is 39.0 Å². The molecule has 0 aromatic carbocycles. The number of piperidine rings is 1. The van der Waals surface area contributed by atoms with E-state index < -0.39 is 0 Å². The summed E-state index contributed by atoms with van der Waals surface area (Å²) in [7, 11) is 0. The van der Waals surface area contributed by atoms with Gasteiger partial charge in [0.15, 0.2) is 0 Å². The summed E-state index contributed by atoms with van der Waals surface area (Å²) in [6.45, 7) is 6.70. The van der Waals surface area contributed by atoms with Crippen LogP contribution in [0.25, 0.3) is 0 Å². The first-order valence-corrected chi connectivity index (χ1v) is 6.88. The predicted molar refractivity (Wildman–Crippen MR) is 72.1 cm³/mol. The second-order valence-electron chi connectivity index (χ2n) is 4.76. The van der Waals surface area contributed by atoms with Gasteiger partial charge in [-0.3, -0.25) is 4.98 Å². The Balaban J connectivity index is 2.19. The molecule has 1 aliphatic heterocycles. The van der Waals surface area contributed by atoms with Crippen LogP contribution < -0.4 is 4.90 Å². The fourth-order valence-corrected chi connectivity index (χ4v) is 2.98. The molecule has 1 aromatic heterocycles. The Hall–Kier alpha value is -0.570. The van der Waals surface area contributed by atoms with E-state index in [4.69, 9.17) is 0 Å². The van der Waals surface area contributed by atoms with Crippen molar-refractivity contribution in [2.75, 3.05) is 18.0 Å². The number of anilines is 1. The van der Waals surface area contributed by atoms with Crippen LogP contribution in [0.5, 0.6) is 0 Å². The highest BCUT2D eigenvalue weighted by Crippen LogP contribution is 2.28. The molecule has 0 bridgehead atoms. The Labute approximate surface area is 106 Å². The second kappa shape index (κ2) is 5.17. The molecule has 0 saturated carbocycles. The van der Waals surface area contributed by atoms with Crippen LogP contribution in [0, 0.1) is 0 Å². The van der Waals surface area contributed by atoms with E-state index in [0.717, 1.165) is 10.2 Å². The maximum atomic E-state index is 4.56. The molecular formula is C13H19BrN2. The largest absolute Gasteiger partial charge is 0.370 e. The average Bonchev–Trinajstić information content (AvgIpc) is 2.29. The second-order valence-corrected chi connectivity index (χ2v) is 5.62. The summed E-state index contributed by atoms with van der Waals surface area (Å²) in [4.78, 5) is 7.00. The van der Waals surface area contributed by atoms with Crippen molar-refractivity contribution in [2.24, 2.45) is 0 Å². The molecule has 0 aliphatic carbocycles. The van der Waals surface area contributed by atoms with Gasteiger partial charge >= 0.3 is 0 Å². The maximum absolute atomic E-state index is 4.56. The molecule has 3 heteroatoms. The van der Waals surface area contributed by atoms with Crippen molar-refractivity contribution < 1.29 is 0 Å². The molecule has 16 heavy (non-hydrogen) atoms. The van der Waals surface area contributed by atoms with E-state index in [9.17, 15) is 0 Å². The molecule has 0 N–H and O–H groups in total. The van der Waals surface area contributed by atoms with Crippen LogP contribution in [0.1, 0.15) is 44.7 Å². The standard InChI is InChI=1S/C13H19BrN2/c1-10(2)13-12(14)8-11(9-15-13)16-6-4-3-5-7-16/h8-10H,3-7H2,1-2H3. The molecule has 88 valence electrons. The summed E-state index contributed by atoms with van der Waals surface area (Å²) in [5.74, 6) is 0.477. The minimum Gasteiger partial charge on any atom is -0.370 e. The van der Waals surface area contributed by atoms with Gasteiger partial charge in [0.25, 0.3) is 0 Å². The van der Waals surface area contributed by atoms with Crippen molar-refractivity contribution in [1.29, 1.82) is 0 Å². The topological polar surface area (TPSA) is 16.1 Å². The van der Waals surface area contributed by atoms with E-state index in [1.54, 1.807) is 0 Å². The SMILES string of the molecule is CC(C)c1ncc(N2CCCCC2)cc1Br. The summed E-state index contributed by atoms with van der Waals surface area (Å²) in [5, 5.41) is 0. The van der Waals surface area contributed by atoms with Gasteiger partial charge in [-0.1, -0.05) is 13.8 Å². The number of hydrogen-bond acceptors (Lipinski definition) is 2. The third-order valence-electron chi connectivity index (χ3n) is 3.12. The number of rotatable bonds is 2. The van der Waals surface area contributed by atoms with Crippen LogP contribution >= 0.6 is 15.9 Å². The van der Waals surface area contributed by atoms with Gasteiger partial charge in [0, 0.05) is 17.6 Å². The molecule has 1 saturated heterocycles. The fraction of sp³-hybridized carbons (Fsp3) is 0.615. The zero-order valence-electron chi connectivity index (χ0n) is 10.0. The first-order chi connectivity index (χ1) is 7.68.